The van der Waals surface area contributed by atoms with Crippen LogP contribution in [0.25, 0.3) is 0 Å². The first-order valence-electron chi connectivity index (χ1n) is 5.44. The third-order valence-electron chi connectivity index (χ3n) is 2.68. The predicted octanol–water partition coefficient (Wildman–Crippen LogP) is 3.04. The lowest BCUT2D eigenvalue weighted by molar-refractivity contribution is -0.112. The molecule has 0 aromatic rings. The predicted molar refractivity (Wildman–Crippen MR) is 61.8 cm³/mol. The van der Waals surface area contributed by atoms with E-state index in [1.165, 1.54) is 5.57 Å². The zero-order valence-corrected chi connectivity index (χ0v) is 10.0. The average molecular weight is 208 g/mol. The van der Waals surface area contributed by atoms with Crippen LogP contribution in [0.4, 0.5) is 0 Å². The van der Waals surface area contributed by atoms with Gasteiger partial charge < -0.3 is 4.74 Å². The Labute approximate surface area is 92.0 Å². The van der Waals surface area contributed by atoms with Gasteiger partial charge in [0.05, 0.1) is 11.7 Å². The summed E-state index contributed by atoms with van der Waals surface area (Å²) in [6, 6.07) is 0. The fraction of sp³-hybridized carbons (Fsp3) is 0.615. The molecule has 2 heteroatoms. The number of carbonyl (C=O) groups excluding carboxylic acids is 1. The lowest BCUT2D eigenvalue weighted by atomic mass is 10.0. The fourth-order valence-electron chi connectivity index (χ4n) is 1.53. The quantitative estimate of drug-likeness (QED) is 0.395. The van der Waals surface area contributed by atoms with E-state index in [4.69, 9.17) is 4.74 Å². The topological polar surface area (TPSA) is 29.6 Å². The van der Waals surface area contributed by atoms with Crippen LogP contribution >= 0.6 is 0 Å². The minimum Gasteiger partial charge on any atom is -0.367 e. The van der Waals surface area contributed by atoms with Gasteiger partial charge in [0.2, 0.25) is 0 Å². The van der Waals surface area contributed by atoms with E-state index in [0.717, 1.165) is 12.8 Å². The lowest BCUT2D eigenvalue weighted by Gasteiger charge is -1.98. The maximum atomic E-state index is 10.7. The summed E-state index contributed by atoms with van der Waals surface area (Å²) in [6.07, 6.45) is 7.92. The van der Waals surface area contributed by atoms with Crippen LogP contribution in [0, 0.1) is 0 Å². The van der Waals surface area contributed by atoms with E-state index in [9.17, 15) is 4.79 Å². The van der Waals surface area contributed by atoms with Gasteiger partial charge in [-0.05, 0) is 46.6 Å². The van der Waals surface area contributed by atoms with Gasteiger partial charge in [0.15, 0.2) is 5.78 Å². The standard InChI is InChI=1S/C13H20O2/c1-10(6-5-7-11(2)14)8-9-12-13(3,4)15-12/h5-7,12H,8-9H2,1-4H3. The second-order valence-corrected chi connectivity index (χ2v) is 4.73. The van der Waals surface area contributed by atoms with Crippen LogP contribution in [0.3, 0.4) is 0 Å². The van der Waals surface area contributed by atoms with E-state index in [2.05, 4.69) is 20.8 Å². The Hall–Kier alpha value is -0.890. The Balaban J connectivity index is 2.24. The van der Waals surface area contributed by atoms with Crippen molar-refractivity contribution in [1.29, 1.82) is 0 Å². The first-order chi connectivity index (χ1) is 6.92. The number of hydrogen-bond donors (Lipinski definition) is 0. The van der Waals surface area contributed by atoms with Crippen molar-refractivity contribution in [1.82, 2.24) is 0 Å². The normalized spacial score (nSPS) is 24.5. The van der Waals surface area contributed by atoms with Crippen molar-refractivity contribution in [3.05, 3.63) is 23.8 Å². The zero-order chi connectivity index (χ0) is 11.5. The number of carbonyl (C=O) groups is 1. The van der Waals surface area contributed by atoms with Crippen LogP contribution in [-0.4, -0.2) is 17.5 Å². The highest BCUT2D eigenvalue weighted by atomic mass is 16.6. The largest absolute Gasteiger partial charge is 0.367 e. The molecule has 84 valence electrons. The Morgan fingerprint density at radius 3 is 2.47 bits per heavy atom. The van der Waals surface area contributed by atoms with Crippen LogP contribution in [0.1, 0.15) is 40.5 Å². The number of allylic oxidation sites excluding steroid dienone is 4. The van der Waals surface area contributed by atoms with E-state index in [1.807, 2.05) is 12.2 Å². The molecule has 1 saturated heterocycles. The van der Waals surface area contributed by atoms with Crippen molar-refractivity contribution in [3.63, 3.8) is 0 Å². The molecule has 1 atom stereocenters. The van der Waals surface area contributed by atoms with Crippen molar-refractivity contribution in [2.75, 3.05) is 0 Å². The van der Waals surface area contributed by atoms with Crippen molar-refractivity contribution in [2.45, 2.75) is 52.2 Å². The maximum absolute atomic E-state index is 10.7. The number of ketones is 1. The van der Waals surface area contributed by atoms with Gasteiger partial charge in [0, 0.05) is 0 Å². The summed E-state index contributed by atoms with van der Waals surface area (Å²) in [5.41, 5.74) is 1.38. The van der Waals surface area contributed by atoms with Gasteiger partial charge in [-0.1, -0.05) is 17.7 Å². The Morgan fingerprint density at radius 1 is 1.40 bits per heavy atom. The molecule has 0 aliphatic carbocycles. The molecule has 1 aliphatic heterocycles. The van der Waals surface area contributed by atoms with Crippen molar-refractivity contribution in [3.8, 4) is 0 Å². The van der Waals surface area contributed by atoms with Crippen LogP contribution in [0.2, 0.25) is 0 Å². The summed E-state index contributed by atoms with van der Waals surface area (Å²) in [7, 11) is 0. The van der Waals surface area contributed by atoms with Gasteiger partial charge in [-0.3, -0.25) is 4.79 Å². The summed E-state index contributed by atoms with van der Waals surface area (Å²) in [4.78, 5) is 10.7. The van der Waals surface area contributed by atoms with Crippen LogP contribution < -0.4 is 0 Å². The fourth-order valence-corrected chi connectivity index (χ4v) is 1.53. The summed E-state index contributed by atoms with van der Waals surface area (Å²) in [6.45, 7) is 7.87. The van der Waals surface area contributed by atoms with Gasteiger partial charge in [0.1, 0.15) is 0 Å². The Kier molecular flexibility index (Phi) is 3.86. The van der Waals surface area contributed by atoms with Gasteiger partial charge in [-0.15, -0.1) is 0 Å². The van der Waals surface area contributed by atoms with Crippen molar-refractivity contribution in [2.24, 2.45) is 0 Å². The minimum absolute atomic E-state index is 0.0886. The molecule has 0 aromatic carbocycles. The van der Waals surface area contributed by atoms with Crippen molar-refractivity contribution >= 4 is 5.78 Å². The summed E-state index contributed by atoms with van der Waals surface area (Å²) in [5.74, 6) is 0.0886. The molecule has 0 amide bonds. The highest BCUT2D eigenvalue weighted by Crippen LogP contribution is 2.38. The van der Waals surface area contributed by atoms with Gasteiger partial charge in [-0.25, -0.2) is 0 Å². The van der Waals surface area contributed by atoms with Crippen LogP contribution in [0.15, 0.2) is 23.8 Å². The average Bonchev–Trinajstić information content (AvgIpc) is 2.70. The number of epoxide rings is 1. The van der Waals surface area contributed by atoms with E-state index in [0.29, 0.717) is 6.10 Å². The lowest BCUT2D eigenvalue weighted by Crippen LogP contribution is -2.02. The molecular formula is C13H20O2. The van der Waals surface area contributed by atoms with Crippen LogP contribution in [-0.2, 0) is 9.53 Å². The molecule has 0 aromatic heterocycles. The van der Waals surface area contributed by atoms with E-state index < -0.39 is 0 Å². The number of rotatable bonds is 5. The third kappa shape index (κ3) is 4.43. The first kappa shape index (κ1) is 12.2. The van der Waals surface area contributed by atoms with Gasteiger partial charge in [-0.2, -0.15) is 0 Å². The van der Waals surface area contributed by atoms with Crippen molar-refractivity contribution < 1.29 is 9.53 Å². The smallest absolute Gasteiger partial charge is 0.152 e. The SMILES string of the molecule is CC(=O)C=CC=C(C)CCC1OC1(C)C. The molecule has 1 aliphatic rings. The Bertz CT molecular complexity index is 298. The van der Waals surface area contributed by atoms with Gasteiger partial charge in [0.25, 0.3) is 0 Å². The molecule has 1 unspecified atom stereocenters. The Morgan fingerprint density at radius 2 is 2.00 bits per heavy atom. The molecule has 0 N–H and O–H groups in total. The minimum atomic E-state index is 0.0886. The molecule has 15 heavy (non-hydrogen) atoms. The molecule has 0 saturated carbocycles. The summed E-state index contributed by atoms with van der Waals surface area (Å²) in [5, 5.41) is 0. The molecule has 2 nitrogen and oxygen atoms in total. The molecule has 1 fully saturated rings. The number of hydrogen-bond acceptors (Lipinski definition) is 2. The molecule has 0 radical (unpaired) electrons. The van der Waals surface area contributed by atoms with Crippen LogP contribution in [0.5, 0.6) is 0 Å². The molecule has 0 spiro atoms. The molecule has 1 heterocycles. The summed E-state index contributed by atoms with van der Waals surface area (Å²) >= 11 is 0. The third-order valence-corrected chi connectivity index (χ3v) is 2.68. The molecule has 1 rings (SSSR count). The van der Waals surface area contributed by atoms with Gasteiger partial charge >= 0.3 is 0 Å². The highest BCUT2D eigenvalue weighted by Gasteiger charge is 2.46. The monoisotopic (exact) mass is 208 g/mol. The molecular weight excluding hydrogens is 188 g/mol. The maximum Gasteiger partial charge on any atom is 0.152 e. The molecule has 0 bridgehead atoms. The number of ether oxygens (including phenoxy) is 1. The summed E-state index contributed by atoms with van der Waals surface area (Å²) < 4.78 is 5.50. The van der Waals surface area contributed by atoms with E-state index >= 15 is 0 Å². The van der Waals surface area contributed by atoms with E-state index in [1.54, 1.807) is 13.0 Å². The first-order valence-corrected chi connectivity index (χ1v) is 5.44. The zero-order valence-electron chi connectivity index (χ0n) is 10.0. The second kappa shape index (κ2) is 4.75. The van der Waals surface area contributed by atoms with E-state index in [-0.39, 0.29) is 11.4 Å². The second-order valence-electron chi connectivity index (χ2n) is 4.73. The highest BCUT2D eigenvalue weighted by molar-refractivity contribution is 5.87.